The molecular formula is C18H16BrN3O4S. The van der Waals surface area contributed by atoms with Crippen molar-refractivity contribution in [3.05, 3.63) is 63.6 Å². The molecule has 1 aromatic heterocycles. The van der Waals surface area contributed by atoms with Crippen molar-refractivity contribution in [2.75, 3.05) is 5.32 Å². The second kappa shape index (κ2) is 6.90. The number of aromatic amines is 1. The predicted molar refractivity (Wildman–Crippen MR) is 106 cm³/mol. The molecule has 0 radical (unpaired) electrons. The first-order chi connectivity index (χ1) is 12.6. The molecule has 0 aliphatic carbocycles. The van der Waals surface area contributed by atoms with Gasteiger partial charge in [-0.25, -0.2) is 13.4 Å². The Balaban J connectivity index is 1.93. The molecule has 3 rings (SSSR count). The summed E-state index contributed by atoms with van der Waals surface area (Å²) >= 11 is 3.25. The fourth-order valence-electron chi connectivity index (χ4n) is 2.46. The summed E-state index contributed by atoms with van der Waals surface area (Å²) in [5, 5.41) is 2.88. The number of benzene rings is 2. The van der Waals surface area contributed by atoms with Crippen molar-refractivity contribution in [3.63, 3.8) is 0 Å². The van der Waals surface area contributed by atoms with Crippen LogP contribution in [0.25, 0.3) is 10.9 Å². The number of aromatic nitrogens is 2. The molecule has 2 aromatic carbocycles. The number of amides is 1. The van der Waals surface area contributed by atoms with Crippen molar-refractivity contribution in [1.82, 2.24) is 9.97 Å². The maximum Gasteiger partial charge on any atom is 0.258 e. The number of rotatable bonds is 4. The Morgan fingerprint density at radius 2 is 1.81 bits per heavy atom. The maximum atomic E-state index is 12.9. The molecule has 1 amide bonds. The summed E-state index contributed by atoms with van der Waals surface area (Å²) in [6, 6.07) is 10.7. The van der Waals surface area contributed by atoms with Gasteiger partial charge < -0.3 is 10.3 Å². The molecule has 0 saturated carbocycles. The number of nitrogens with zero attached hydrogens (tertiary/aromatic N) is 1. The Kier molecular flexibility index (Phi) is 4.92. The fourth-order valence-corrected chi connectivity index (χ4v) is 4.10. The summed E-state index contributed by atoms with van der Waals surface area (Å²) in [6.45, 7) is 2.68. The highest BCUT2D eigenvalue weighted by molar-refractivity contribution is 9.10. The summed E-state index contributed by atoms with van der Waals surface area (Å²) < 4.78 is 24.9. The van der Waals surface area contributed by atoms with Crippen LogP contribution >= 0.6 is 15.9 Å². The fraction of sp³-hybridized carbons (Fsp3) is 0.167. The molecule has 0 spiro atoms. The number of halogens is 1. The van der Waals surface area contributed by atoms with Gasteiger partial charge in [0, 0.05) is 10.2 Å². The highest BCUT2D eigenvalue weighted by Gasteiger charge is 2.42. The molecule has 0 bridgehead atoms. The Morgan fingerprint density at radius 1 is 1.15 bits per heavy atom. The van der Waals surface area contributed by atoms with E-state index in [-0.39, 0.29) is 10.5 Å². The second-order valence-electron chi connectivity index (χ2n) is 6.39. The van der Waals surface area contributed by atoms with Gasteiger partial charge in [0.05, 0.1) is 22.1 Å². The lowest BCUT2D eigenvalue weighted by Gasteiger charge is -2.24. The van der Waals surface area contributed by atoms with Crippen LogP contribution in [-0.4, -0.2) is 29.0 Å². The van der Waals surface area contributed by atoms with Gasteiger partial charge in [0.15, 0.2) is 9.84 Å². The third kappa shape index (κ3) is 3.52. The molecule has 9 heteroatoms. The van der Waals surface area contributed by atoms with Gasteiger partial charge in [0.2, 0.25) is 5.91 Å². The molecule has 0 saturated heterocycles. The van der Waals surface area contributed by atoms with Crippen LogP contribution in [0.2, 0.25) is 0 Å². The molecule has 140 valence electrons. The minimum Gasteiger partial charge on any atom is -0.325 e. The molecule has 0 fully saturated rings. The highest BCUT2D eigenvalue weighted by Crippen LogP contribution is 2.28. The van der Waals surface area contributed by atoms with Crippen LogP contribution in [0.3, 0.4) is 0 Å². The van der Waals surface area contributed by atoms with Crippen LogP contribution in [0.15, 0.2) is 63.0 Å². The zero-order valence-corrected chi connectivity index (χ0v) is 16.9. The molecule has 0 atom stereocenters. The van der Waals surface area contributed by atoms with E-state index >= 15 is 0 Å². The maximum absolute atomic E-state index is 12.9. The zero-order chi connectivity index (χ0) is 19.8. The molecule has 2 N–H and O–H groups in total. The van der Waals surface area contributed by atoms with Crippen LogP contribution in [0.5, 0.6) is 0 Å². The lowest BCUT2D eigenvalue weighted by molar-refractivity contribution is -0.117. The van der Waals surface area contributed by atoms with Crippen LogP contribution < -0.4 is 10.9 Å². The normalized spacial score (nSPS) is 12.1. The van der Waals surface area contributed by atoms with Gasteiger partial charge in [0.1, 0.15) is 4.75 Å². The van der Waals surface area contributed by atoms with Crippen molar-refractivity contribution in [1.29, 1.82) is 0 Å². The van der Waals surface area contributed by atoms with E-state index in [0.717, 1.165) is 4.47 Å². The smallest absolute Gasteiger partial charge is 0.258 e. The van der Waals surface area contributed by atoms with E-state index in [0.29, 0.717) is 16.6 Å². The van der Waals surface area contributed by atoms with Crippen LogP contribution in [0.1, 0.15) is 13.8 Å². The molecule has 3 aromatic rings. The number of hydrogen-bond acceptors (Lipinski definition) is 5. The lowest BCUT2D eigenvalue weighted by atomic mass is 10.1. The van der Waals surface area contributed by atoms with Crippen LogP contribution in [0, 0.1) is 0 Å². The Labute approximate surface area is 163 Å². The monoisotopic (exact) mass is 449 g/mol. The molecule has 1 heterocycles. The molecule has 0 aliphatic heterocycles. The minimum atomic E-state index is -3.94. The van der Waals surface area contributed by atoms with Gasteiger partial charge in [-0.05, 0) is 56.3 Å². The third-order valence-electron chi connectivity index (χ3n) is 4.24. The van der Waals surface area contributed by atoms with E-state index < -0.39 is 20.5 Å². The van der Waals surface area contributed by atoms with Gasteiger partial charge in [-0.15, -0.1) is 0 Å². The summed E-state index contributed by atoms with van der Waals surface area (Å²) in [6.07, 6.45) is 1.29. The summed E-state index contributed by atoms with van der Waals surface area (Å²) in [4.78, 5) is 31.2. The minimum absolute atomic E-state index is 0.0463. The highest BCUT2D eigenvalue weighted by atomic mass is 79.9. The number of sulfone groups is 1. The van der Waals surface area contributed by atoms with E-state index in [1.807, 2.05) is 0 Å². The van der Waals surface area contributed by atoms with Crippen molar-refractivity contribution < 1.29 is 13.2 Å². The topological polar surface area (TPSA) is 109 Å². The standard InChI is InChI=1S/C18H16BrN3O4S/c1-18(2,27(25,26)13-6-3-11(19)4-7-13)17(24)22-12-5-8-15-14(9-12)16(23)21-10-20-15/h3-10H,1-2H3,(H,22,24)(H,20,21,23). The number of hydrogen-bond donors (Lipinski definition) is 2. The average molecular weight is 450 g/mol. The van der Waals surface area contributed by atoms with Gasteiger partial charge >= 0.3 is 0 Å². The van der Waals surface area contributed by atoms with Gasteiger partial charge in [-0.2, -0.15) is 0 Å². The predicted octanol–water partition coefficient (Wildman–Crippen LogP) is 2.88. The number of anilines is 1. The Bertz CT molecular complexity index is 1190. The first-order valence-electron chi connectivity index (χ1n) is 7.92. The average Bonchev–Trinajstić information content (AvgIpc) is 2.62. The first kappa shape index (κ1) is 19.2. The SMILES string of the molecule is CC(C)(C(=O)Nc1ccc2nc[nH]c(=O)c2c1)S(=O)(=O)c1ccc(Br)cc1. The quantitative estimate of drug-likeness (QED) is 0.636. The first-order valence-corrected chi connectivity index (χ1v) is 10.2. The Hall–Kier alpha value is -2.52. The molecule has 27 heavy (non-hydrogen) atoms. The zero-order valence-electron chi connectivity index (χ0n) is 14.5. The molecule has 0 unspecified atom stereocenters. The van der Waals surface area contributed by atoms with E-state index in [9.17, 15) is 18.0 Å². The van der Waals surface area contributed by atoms with Crippen molar-refractivity contribution in [2.24, 2.45) is 0 Å². The van der Waals surface area contributed by atoms with E-state index in [1.165, 1.54) is 38.4 Å². The largest absolute Gasteiger partial charge is 0.325 e. The number of fused-ring (bicyclic) bond motifs is 1. The van der Waals surface area contributed by atoms with E-state index in [1.54, 1.807) is 24.3 Å². The number of carbonyl (C=O) groups excluding carboxylic acids is 1. The van der Waals surface area contributed by atoms with Crippen molar-refractivity contribution in [2.45, 2.75) is 23.5 Å². The molecule has 7 nitrogen and oxygen atoms in total. The van der Waals surface area contributed by atoms with Crippen molar-refractivity contribution in [3.8, 4) is 0 Å². The van der Waals surface area contributed by atoms with Gasteiger partial charge in [-0.1, -0.05) is 15.9 Å². The summed E-state index contributed by atoms with van der Waals surface area (Å²) in [5.41, 5.74) is 0.432. The molecule has 0 aliphatic rings. The van der Waals surface area contributed by atoms with E-state index in [4.69, 9.17) is 0 Å². The molecular weight excluding hydrogens is 434 g/mol. The number of H-pyrrole nitrogens is 1. The van der Waals surface area contributed by atoms with Crippen LogP contribution in [0.4, 0.5) is 5.69 Å². The van der Waals surface area contributed by atoms with Crippen LogP contribution in [-0.2, 0) is 14.6 Å². The third-order valence-corrected chi connectivity index (χ3v) is 7.19. The van der Waals surface area contributed by atoms with Crippen molar-refractivity contribution >= 4 is 48.3 Å². The number of carbonyl (C=O) groups is 1. The van der Waals surface area contributed by atoms with Gasteiger partial charge in [0.25, 0.3) is 5.56 Å². The van der Waals surface area contributed by atoms with Gasteiger partial charge in [-0.3, -0.25) is 9.59 Å². The van der Waals surface area contributed by atoms with E-state index in [2.05, 4.69) is 31.2 Å². The Morgan fingerprint density at radius 3 is 2.48 bits per heavy atom. The second-order valence-corrected chi connectivity index (χ2v) is 9.80. The summed E-state index contributed by atoms with van der Waals surface area (Å²) in [7, 11) is -3.94. The lowest BCUT2D eigenvalue weighted by Crippen LogP contribution is -2.44. The number of nitrogens with one attached hydrogen (secondary N) is 2. The summed E-state index contributed by atoms with van der Waals surface area (Å²) in [5.74, 6) is -0.704.